The van der Waals surface area contributed by atoms with Crippen molar-refractivity contribution in [1.82, 2.24) is 9.97 Å². The van der Waals surface area contributed by atoms with Crippen molar-refractivity contribution in [2.24, 2.45) is 0 Å². The fraction of sp³-hybridized carbons (Fsp3) is 0.167. The molecule has 0 saturated heterocycles. The van der Waals surface area contributed by atoms with Crippen LogP contribution in [0.5, 0.6) is 5.88 Å². The lowest BCUT2D eigenvalue weighted by Gasteiger charge is -2.12. The van der Waals surface area contributed by atoms with Crippen LogP contribution in [0.1, 0.15) is 18.7 Å². The van der Waals surface area contributed by atoms with Crippen LogP contribution >= 0.6 is 0 Å². The van der Waals surface area contributed by atoms with Crippen molar-refractivity contribution in [3.63, 3.8) is 0 Å². The van der Waals surface area contributed by atoms with Crippen LogP contribution in [0.25, 0.3) is 0 Å². The van der Waals surface area contributed by atoms with E-state index in [9.17, 15) is 0 Å². The van der Waals surface area contributed by atoms with E-state index >= 15 is 0 Å². The highest BCUT2D eigenvalue weighted by molar-refractivity contribution is 5.36. The molecule has 2 N–H and O–H groups in total. The molecule has 0 spiro atoms. The zero-order chi connectivity index (χ0) is 11.4. The average Bonchev–Trinajstić information content (AvgIpc) is 2.33. The first kappa shape index (κ1) is 10.4. The van der Waals surface area contributed by atoms with Crippen LogP contribution in [0, 0.1) is 0 Å². The second kappa shape index (κ2) is 4.61. The first-order valence-corrected chi connectivity index (χ1v) is 5.05. The standard InChI is InChI=1S/C12H13N3O/c1-9(11-4-2-3-7-14-11)16-12-6-5-10(13)8-15-12/h2-9H,13H2,1H3. The molecule has 0 radical (unpaired) electrons. The number of hydrogen-bond donors (Lipinski definition) is 1. The normalized spacial score (nSPS) is 12.1. The fourth-order valence-corrected chi connectivity index (χ4v) is 1.32. The molecule has 0 amide bonds. The summed E-state index contributed by atoms with van der Waals surface area (Å²) in [6.45, 7) is 1.93. The predicted molar refractivity (Wildman–Crippen MR) is 61.9 cm³/mol. The zero-order valence-electron chi connectivity index (χ0n) is 9.00. The first-order valence-electron chi connectivity index (χ1n) is 5.05. The van der Waals surface area contributed by atoms with Crippen LogP contribution in [0.15, 0.2) is 42.7 Å². The Kier molecular flexibility index (Phi) is 3.00. The summed E-state index contributed by atoms with van der Waals surface area (Å²) in [5, 5.41) is 0. The maximum absolute atomic E-state index is 5.63. The lowest BCUT2D eigenvalue weighted by Crippen LogP contribution is -2.05. The maximum Gasteiger partial charge on any atom is 0.213 e. The minimum absolute atomic E-state index is 0.127. The highest BCUT2D eigenvalue weighted by Crippen LogP contribution is 2.18. The molecule has 0 aliphatic carbocycles. The molecule has 2 aromatic rings. The van der Waals surface area contributed by atoms with Crippen molar-refractivity contribution in [2.45, 2.75) is 13.0 Å². The highest BCUT2D eigenvalue weighted by atomic mass is 16.5. The number of hydrogen-bond acceptors (Lipinski definition) is 4. The van der Waals surface area contributed by atoms with Crippen LogP contribution in [0.2, 0.25) is 0 Å². The summed E-state index contributed by atoms with van der Waals surface area (Å²) in [5.74, 6) is 0.548. The molecule has 4 nitrogen and oxygen atoms in total. The summed E-state index contributed by atoms with van der Waals surface area (Å²) < 4.78 is 5.63. The van der Waals surface area contributed by atoms with Gasteiger partial charge in [0.2, 0.25) is 5.88 Å². The summed E-state index contributed by atoms with van der Waals surface area (Å²) in [6, 6.07) is 9.22. The lowest BCUT2D eigenvalue weighted by atomic mass is 10.2. The molecular formula is C12H13N3O. The van der Waals surface area contributed by atoms with E-state index in [-0.39, 0.29) is 6.10 Å². The van der Waals surface area contributed by atoms with Gasteiger partial charge in [-0.3, -0.25) is 4.98 Å². The summed E-state index contributed by atoms with van der Waals surface area (Å²) in [5.41, 5.74) is 7.04. The molecule has 0 bridgehead atoms. The van der Waals surface area contributed by atoms with Crippen molar-refractivity contribution < 1.29 is 4.74 Å². The van der Waals surface area contributed by atoms with Crippen LogP contribution in [-0.4, -0.2) is 9.97 Å². The SMILES string of the molecule is CC(Oc1ccc(N)cn1)c1ccccn1. The van der Waals surface area contributed by atoms with Crippen molar-refractivity contribution in [2.75, 3.05) is 5.73 Å². The first-order chi connectivity index (χ1) is 7.75. The van der Waals surface area contributed by atoms with E-state index in [1.165, 1.54) is 0 Å². The summed E-state index contributed by atoms with van der Waals surface area (Å²) in [4.78, 5) is 8.28. The van der Waals surface area contributed by atoms with Crippen molar-refractivity contribution in [3.8, 4) is 5.88 Å². The number of ether oxygens (including phenoxy) is 1. The van der Waals surface area contributed by atoms with E-state index in [0.717, 1.165) is 5.69 Å². The van der Waals surface area contributed by atoms with E-state index in [4.69, 9.17) is 10.5 Å². The van der Waals surface area contributed by atoms with E-state index in [1.807, 2.05) is 25.1 Å². The second-order valence-corrected chi connectivity index (χ2v) is 3.44. The third kappa shape index (κ3) is 2.48. The topological polar surface area (TPSA) is 61.0 Å². The van der Waals surface area contributed by atoms with Gasteiger partial charge in [0, 0.05) is 12.3 Å². The van der Waals surface area contributed by atoms with Gasteiger partial charge in [-0.15, -0.1) is 0 Å². The minimum atomic E-state index is -0.127. The van der Waals surface area contributed by atoms with Crippen molar-refractivity contribution >= 4 is 5.69 Å². The second-order valence-electron chi connectivity index (χ2n) is 3.44. The Morgan fingerprint density at radius 3 is 2.69 bits per heavy atom. The third-order valence-electron chi connectivity index (χ3n) is 2.16. The van der Waals surface area contributed by atoms with Gasteiger partial charge in [0.15, 0.2) is 0 Å². The molecule has 2 aromatic heterocycles. The molecule has 4 heteroatoms. The third-order valence-corrected chi connectivity index (χ3v) is 2.16. The molecule has 0 aromatic carbocycles. The number of nitrogens with two attached hydrogens (primary N) is 1. The van der Waals surface area contributed by atoms with Gasteiger partial charge in [-0.05, 0) is 25.1 Å². The number of aromatic nitrogens is 2. The largest absolute Gasteiger partial charge is 0.468 e. The molecule has 1 atom stereocenters. The summed E-state index contributed by atoms with van der Waals surface area (Å²) in [6.07, 6.45) is 3.18. The Bertz CT molecular complexity index is 442. The Balaban J connectivity index is 2.08. The molecule has 0 saturated carbocycles. The highest BCUT2D eigenvalue weighted by Gasteiger charge is 2.08. The van der Waals surface area contributed by atoms with Gasteiger partial charge >= 0.3 is 0 Å². The molecule has 1 unspecified atom stereocenters. The lowest BCUT2D eigenvalue weighted by molar-refractivity contribution is 0.213. The van der Waals surface area contributed by atoms with Gasteiger partial charge in [-0.1, -0.05) is 6.07 Å². The average molecular weight is 215 g/mol. The van der Waals surface area contributed by atoms with Crippen LogP contribution in [0.4, 0.5) is 5.69 Å². The number of pyridine rings is 2. The van der Waals surface area contributed by atoms with Crippen LogP contribution in [0.3, 0.4) is 0 Å². The summed E-state index contributed by atoms with van der Waals surface area (Å²) in [7, 11) is 0. The zero-order valence-corrected chi connectivity index (χ0v) is 9.00. The van der Waals surface area contributed by atoms with E-state index < -0.39 is 0 Å². The predicted octanol–water partition coefficient (Wildman–Crippen LogP) is 2.20. The van der Waals surface area contributed by atoms with Gasteiger partial charge in [0.05, 0.1) is 17.6 Å². The Morgan fingerprint density at radius 1 is 1.19 bits per heavy atom. The number of anilines is 1. The molecular weight excluding hydrogens is 202 g/mol. The molecule has 0 fully saturated rings. The number of nitrogens with zero attached hydrogens (tertiary/aromatic N) is 2. The summed E-state index contributed by atoms with van der Waals surface area (Å²) >= 11 is 0. The monoisotopic (exact) mass is 215 g/mol. The molecule has 82 valence electrons. The quantitative estimate of drug-likeness (QED) is 0.852. The molecule has 2 heterocycles. The van der Waals surface area contributed by atoms with Crippen molar-refractivity contribution in [1.29, 1.82) is 0 Å². The van der Waals surface area contributed by atoms with Gasteiger partial charge in [0.1, 0.15) is 6.10 Å². The molecule has 0 aliphatic heterocycles. The van der Waals surface area contributed by atoms with Gasteiger partial charge in [0.25, 0.3) is 0 Å². The van der Waals surface area contributed by atoms with E-state index in [0.29, 0.717) is 11.6 Å². The smallest absolute Gasteiger partial charge is 0.213 e. The van der Waals surface area contributed by atoms with Crippen LogP contribution in [-0.2, 0) is 0 Å². The van der Waals surface area contributed by atoms with Gasteiger partial charge < -0.3 is 10.5 Å². The van der Waals surface area contributed by atoms with E-state index in [1.54, 1.807) is 24.5 Å². The number of nitrogen functional groups attached to an aromatic ring is 1. The minimum Gasteiger partial charge on any atom is -0.468 e. The molecule has 2 rings (SSSR count). The fourth-order valence-electron chi connectivity index (χ4n) is 1.32. The Hall–Kier alpha value is -2.10. The number of rotatable bonds is 3. The van der Waals surface area contributed by atoms with Gasteiger partial charge in [-0.25, -0.2) is 4.98 Å². The van der Waals surface area contributed by atoms with Crippen molar-refractivity contribution in [3.05, 3.63) is 48.4 Å². The molecule has 0 aliphatic rings. The maximum atomic E-state index is 5.63. The van der Waals surface area contributed by atoms with E-state index in [2.05, 4.69) is 9.97 Å². The Morgan fingerprint density at radius 2 is 2.06 bits per heavy atom. The van der Waals surface area contributed by atoms with Crippen LogP contribution < -0.4 is 10.5 Å². The molecule has 16 heavy (non-hydrogen) atoms. The Labute approximate surface area is 94.1 Å². The van der Waals surface area contributed by atoms with Gasteiger partial charge in [-0.2, -0.15) is 0 Å².